The summed E-state index contributed by atoms with van der Waals surface area (Å²) in [7, 11) is -12.0. The summed E-state index contributed by atoms with van der Waals surface area (Å²) in [6.45, 7) is 2.11. The molecule has 0 atom stereocenters. The normalized spacial score (nSPS) is 12.2. The molecule has 0 bridgehead atoms. The van der Waals surface area contributed by atoms with Crippen LogP contribution in [0.15, 0.2) is 0 Å². The third-order valence-corrected chi connectivity index (χ3v) is 14.3. The molecule has 0 aromatic rings. The first kappa shape index (κ1) is 107. The molecule has 0 saturated carbocycles. The van der Waals surface area contributed by atoms with Gasteiger partial charge in [-0.2, -0.15) is 65.9 Å². The van der Waals surface area contributed by atoms with E-state index in [2.05, 4.69) is 47.3 Å². The molecule has 0 unspecified atom stereocenters. The van der Waals surface area contributed by atoms with Crippen LogP contribution >= 0.6 is 0 Å². The summed E-state index contributed by atoms with van der Waals surface area (Å²) >= 11 is 0. The second kappa shape index (κ2) is 58.2. The zero-order valence-corrected chi connectivity index (χ0v) is 66.9. The maximum atomic E-state index is 11.7. The van der Waals surface area contributed by atoms with Gasteiger partial charge in [-0.1, -0.05) is 0 Å². The van der Waals surface area contributed by atoms with Gasteiger partial charge in [0.05, 0.1) is 65.1 Å². The maximum absolute atomic E-state index is 11.7. The van der Waals surface area contributed by atoms with Gasteiger partial charge in [-0.15, -0.1) is 6.54 Å². The van der Waals surface area contributed by atoms with Gasteiger partial charge in [-0.25, -0.2) is 61.0 Å². The third kappa shape index (κ3) is 99.6. The van der Waals surface area contributed by atoms with Crippen LogP contribution in [0.1, 0.15) is 69.9 Å². The Labute approximate surface area is 651 Å². The van der Waals surface area contributed by atoms with Crippen LogP contribution in [0, 0.1) is 0 Å². The zero-order valence-electron chi connectivity index (χ0n) is 50.5. The van der Waals surface area contributed by atoms with Crippen molar-refractivity contribution in [1.82, 2.24) is 18.9 Å². The van der Waals surface area contributed by atoms with Crippen molar-refractivity contribution in [3.05, 3.63) is 4.72 Å². The molecule has 0 aliphatic heterocycles. The van der Waals surface area contributed by atoms with Gasteiger partial charge in [0, 0.05) is 101 Å². The van der Waals surface area contributed by atoms with Crippen LogP contribution < -0.4 is 246 Å². The Morgan fingerprint density at radius 3 is 0.725 bits per heavy atom. The smallest absolute Gasteiger partial charge is 1.00 e. The van der Waals surface area contributed by atoms with Crippen molar-refractivity contribution in [3.8, 4) is 0 Å². The number of hydrogen-bond donors (Lipinski definition) is 4. The fourth-order valence-corrected chi connectivity index (χ4v) is 9.21. The summed E-state index contributed by atoms with van der Waals surface area (Å²) < 4.78 is 320. The predicted octanol–water partition coefficient (Wildman–Crippen LogP) is -9.27. The van der Waals surface area contributed by atoms with E-state index in [4.69, 9.17) is 0 Å². The monoisotopic (exact) mass is 1540 g/mol. The fraction of sp³-hybridized carbons (Fsp3) is 1.00. The molecule has 468 valence electrons. The minimum Gasteiger partial charge on any atom is -1.00 e. The molecule has 45 heteroatoms. The van der Waals surface area contributed by atoms with E-state index in [-0.39, 0.29) is 265 Å². The minimum atomic E-state index is -4.46. The van der Waals surface area contributed by atoms with E-state index in [9.17, 15) is 108 Å². The molecule has 4 N–H and O–H groups in total. The Balaban J connectivity index is -0.0000000592. The summed E-state index contributed by atoms with van der Waals surface area (Å²) in [5, 5.41) is 0. The van der Waals surface area contributed by atoms with Crippen molar-refractivity contribution in [3.63, 3.8) is 0 Å². The van der Waals surface area contributed by atoms with E-state index < -0.39 is 142 Å². The van der Waals surface area contributed by atoms with Crippen molar-refractivity contribution < 1.29 is 364 Å². The fourth-order valence-electron chi connectivity index (χ4n) is 3.79. The maximum Gasteiger partial charge on any atom is 1.00 e. The number of nitrogens with zero attached hydrogens (tertiary/aromatic N) is 1. The largest absolute Gasteiger partial charge is 1.00 e. The van der Waals surface area contributed by atoms with Crippen molar-refractivity contribution >= 4 is 50.1 Å². The molecule has 0 spiro atoms. The van der Waals surface area contributed by atoms with Gasteiger partial charge < -0.3 is 34.1 Å². The molecule has 0 aliphatic carbocycles. The molecule has 0 radical (unpaired) electrons. The molecular weight excluding hydrogens is 1460 g/mol. The second-order valence-electron chi connectivity index (χ2n) is 14.5. The molecule has 0 aliphatic rings. The number of ether oxygens (including phenoxy) is 5. The molecule has 0 heterocycles. The van der Waals surface area contributed by atoms with Crippen LogP contribution in [0.4, 0.5) is 65.9 Å². The van der Waals surface area contributed by atoms with E-state index in [0.29, 0.717) is 65.1 Å². The number of alkyl halides is 15. The summed E-state index contributed by atoms with van der Waals surface area (Å²) in [6, 6.07) is 0. The number of hydrogen-bond acceptors (Lipinski definition) is 15. The summed E-state index contributed by atoms with van der Waals surface area (Å²) in [4.78, 5) is 0. The van der Waals surface area contributed by atoms with Gasteiger partial charge in [0.1, 0.15) is 0 Å². The molecule has 80 heavy (non-hydrogen) atoms. The van der Waals surface area contributed by atoms with Gasteiger partial charge in [0.2, 0.25) is 40.1 Å². The average Bonchev–Trinajstić information content (AvgIpc) is 3.25. The Morgan fingerprint density at radius 1 is 0.375 bits per heavy atom. The van der Waals surface area contributed by atoms with Crippen molar-refractivity contribution in [2.24, 2.45) is 0 Å². The first-order valence-corrected chi connectivity index (χ1v) is 29.6. The van der Waals surface area contributed by atoms with Crippen molar-refractivity contribution in [2.75, 3.05) is 130 Å². The Kier molecular flexibility index (Phi) is 77.9. The second-order valence-corrected chi connectivity index (χ2v) is 24.1. The first-order chi connectivity index (χ1) is 33.8. The summed E-state index contributed by atoms with van der Waals surface area (Å²) in [6.07, 6.45) is -26.8. The number of halogens is 15. The van der Waals surface area contributed by atoms with Crippen LogP contribution in [0.3, 0.4) is 0 Å². The summed E-state index contributed by atoms with van der Waals surface area (Å²) in [5.74, 6) is -4.69. The quantitative estimate of drug-likeness (QED) is 0.0261. The van der Waals surface area contributed by atoms with Crippen LogP contribution in [-0.2, 0) is 73.8 Å². The minimum absolute atomic E-state index is 0. The van der Waals surface area contributed by atoms with Crippen LogP contribution in [0.5, 0.6) is 0 Å². The van der Waals surface area contributed by atoms with E-state index in [1.807, 2.05) is 0 Å². The van der Waals surface area contributed by atoms with Crippen molar-refractivity contribution in [2.45, 2.75) is 95.1 Å². The number of rotatable bonds is 35. The standard InChI is InChI=1S/4C7H14F3NO3S.C7H13F3NO3S.Cs.K.Li.Na.Rb.4H/c5*1-14-5-2-4-11-15(12,13)6-3-7(8,9)10;;;;;;;;;/h4*11H,2-6H2,1H3;2-6H2,1H3;;;;;;;;;/q;;;;-1;5*+1;4*-1. The van der Waals surface area contributed by atoms with Crippen LogP contribution in [0.2, 0.25) is 0 Å². The van der Waals surface area contributed by atoms with Gasteiger partial charge in [0.15, 0.2) is 0 Å². The van der Waals surface area contributed by atoms with E-state index in [0.717, 1.165) is 0 Å². The molecule has 20 nitrogen and oxygen atoms in total. The average molecular weight is 1540 g/mol. The van der Waals surface area contributed by atoms with Gasteiger partial charge in [-0.3, -0.25) is 0 Å². The van der Waals surface area contributed by atoms with Gasteiger partial charge in [0.25, 0.3) is 0 Å². The molecule has 0 saturated heterocycles. The van der Waals surface area contributed by atoms with Crippen LogP contribution in [-0.4, -0.2) is 203 Å². The molecule has 0 aromatic carbocycles. The number of sulfonamides is 5. The number of nitrogens with one attached hydrogen (secondary N) is 4. The van der Waals surface area contributed by atoms with Crippen molar-refractivity contribution in [1.29, 1.82) is 0 Å². The first-order valence-electron chi connectivity index (χ1n) is 21.4. The van der Waals surface area contributed by atoms with E-state index in [1.165, 1.54) is 35.5 Å². The molecule has 0 rings (SSSR count). The van der Waals surface area contributed by atoms with Gasteiger partial charge >= 0.3 is 258 Å². The molecule has 0 fully saturated rings. The Hall–Kier alpha value is 5.39. The van der Waals surface area contributed by atoms with Gasteiger partial charge in [-0.05, 0) is 32.1 Å². The van der Waals surface area contributed by atoms with Crippen LogP contribution in [0.25, 0.3) is 4.72 Å². The van der Waals surface area contributed by atoms with E-state index in [1.54, 1.807) is 0 Å². The molecule has 0 amide bonds. The summed E-state index contributed by atoms with van der Waals surface area (Å²) in [5.41, 5.74) is 0. The zero-order chi connectivity index (χ0) is 59.7. The third-order valence-electron chi connectivity index (χ3n) is 7.44. The predicted molar refractivity (Wildman–Crippen MR) is 249 cm³/mol. The topological polar surface area (TPSA) is 279 Å². The Morgan fingerprint density at radius 2 is 0.550 bits per heavy atom. The Bertz CT molecular complexity index is 1700. The number of methoxy groups -OCH3 is 5. The molecule has 0 aromatic heterocycles. The van der Waals surface area contributed by atoms with E-state index >= 15 is 0 Å². The SMILES string of the molecule is COCCCNS(=O)(=O)CCC(F)(F)F.COCCCNS(=O)(=O)CCC(F)(F)F.COCCCNS(=O)(=O)CCC(F)(F)F.COCCCNS(=O)(=O)CCC(F)(F)F.COCCC[N-]S(=O)(=O)CCC(F)(F)F.[Cs+].[H-].[H-].[H-].[H-].[K+].[Li+].[Na+].[Rb+]. The molecular formula is C35H73CsF15KLiN5NaO15RbS5.